The molecule has 0 atom stereocenters. The zero-order chi connectivity index (χ0) is 21.8. The van der Waals surface area contributed by atoms with Crippen molar-refractivity contribution in [3.63, 3.8) is 0 Å². The number of hydrogen-bond acceptors (Lipinski definition) is 4. The Bertz CT molecular complexity index is 1100. The molecule has 1 fully saturated rings. The first kappa shape index (κ1) is 21.3. The van der Waals surface area contributed by atoms with Crippen molar-refractivity contribution in [3.05, 3.63) is 77.4 Å². The van der Waals surface area contributed by atoms with E-state index in [0.717, 1.165) is 24.8 Å². The Morgan fingerprint density at radius 3 is 2.29 bits per heavy atom. The van der Waals surface area contributed by atoms with Crippen LogP contribution in [0.25, 0.3) is 4.91 Å². The first-order valence-electron chi connectivity index (χ1n) is 10.6. The highest BCUT2D eigenvalue weighted by molar-refractivity contribution is 8.00. The van der Waals surface area contributed by atoms with Crippen molar-refractivity contribution in [2.75, 3.05) is 13.1 Å². The molecular weight excluding hydrogens is 410 g/mol. The molecule has 2 aliphatic rings. The predicted molar refractivity (Wildman–Crippen MR) is 123 cm³/mol. The summed E-state index contributed by atoms with van der Waals surface area (Å²) in [6, 6.07) is 19.2. The standard InChI is InChI=1S/C24H27N3O3S/c1-18-23(20-10-6-3-7-11-20)31(29,30)26-24(18)27-16-14-21(15-17-27)25-22(28)13-12-19-8-4-2-5-9-19/h2-11,21H,12-17H2,1H3,(H,25,28). The maximum absolute atomic E-state index is 12.7. The maximum Gasteiger partial charge on any atom is 0.285 e. The summed E-state index contributed by atoms with van der Waals surface area (Å²) in [4.78, 5) is 14.6. The van der Waals surface area contributed by atoms with Gasteiger partial charge in [0.2, 0.25) is 5.91 Å². The zero-order valence-corrected chi connectivity index (χ0v) is 18.4. The SMILES string of the molecule is CC1=C(c2ccccc2)S(=O)(=O)N=C1N1CCC(NC(=O)CCc2ccccc2)CC1. The van der Waals surface area contributed by atoms with Crippen LogP contribution in [0.4, 0.5) is 0 Å². The fraction of sp³-hybridized carbons (Fsp3) is 0.333. The number of sulfonamides is 1. The number of hydrogen-bond donors (Lipinski definition) is 1. The van der Waals surface area contributed by atoms with E-state index in [4.69, 9.17) is 0 Å². The largest absolute Gasteiger partial charge is 0.356 e. The Balaban J connectivity index is 1.34. The van der Waals surface area contributed by atoms with Gasteiger partial charge in [-0.2, -0.15) is 8.42 Å². The summed E-state index contributed by atoms with van der Waals surface area (Å²) in [5.74, 6) is 0.596. The summed E-state index contributed by atoms with van der Waals surface area (Å²) < 4.78 is 29.5. The van der Waals surface area contributed by atoms with E-state index in [2.05, 4.69) is 9.71 Å². The quantitative estimate of drug-likeness (QED) is 0.778. The molecule has 1 saturated heterocycles. The average Bonchev–Trinajstić information content (AvgIpc) is 3.02. The van der Waals surface area contributed by atoms with Crippen LogP contribution < -0.4 is 5.32 Å². The maximum atomic E-state index is 12.7. The highest BCUT2D eigenvalue weighted by Crippen LogP contribution is 2.34. The Morgan fingerprint density at radius 2 is 1.65 bits per heavy atom. The van der Waals surface area contributed by atoms with E-state index >= 15 is 0 Å². The number of likely N-dealkylation sites (tertiary alicyclic amines) is 1. The van der Waals surface area contributed by atoms with E-state index in [1.807, 2.05) is 60.4 Å². The number of rotatable bonds is 5. The molecule has 2 aliphatic heterocycles. The van der Waals surface area contributed by atoms with E-state index in [1.165, 1.54) is 0 Å². The van der Waals surface area contributed by atoms with Crippen LogP contribution in [0.15, 0.2) is 70.6 Å². The van der Waals surface area contributed by atoms with E-state index in [-0.39, 0.29) is 11.9 Å². The van der Waals surface area contributed by atoms with Gasteiger partial charge in [0.05, 0.1) is 0 Å². The molecule has 2 heterocycles. The van der Waals surface area contributed by atoms with Crippen LogP contribution >= 0.6 is 0 Å². The fourth-order valence-electron chi connectivity index (χ4n) is 4.21. The minimum absolute atomic E-state index is 0.0607. The molecule has 1 amide bonds. The summed E-state index contributed by atoms with van der Waals surface area (Å²) in [7, 11) is -3.70. The smallest absolute Gasteiger partial charge is 0.285 e. The van der Waals surface area contributed by atoms with Crippen molar-refractivity contribution in [2.24, 2.45) is 4.40 Å². The van der Waals surface area contributed by atoms with Gasteiger partial charge in [-0.1, -0.05) is 60.7 Å². The molecule has 0 saturated carbocycles. The van der Waals surface area contributed by atoms with Gasteiger partial charge in [0.15, 0.2) is 0 Å². The van der Waals surface area contributed by atoms with Gasteiger partial charge < -0.3 is 10.2 Å². The Morgan fingerprint density at radius 1 is 1.03 bits per heavy atom. The van der Waals surface area contributed by atoms with Crippen LogP contribution in [0.5, 0.6) is 0 Å². The summed E-state index contributed by atoms with van der Waals surface area (Å²) >= 11 is 0. The van der Waals surface area contributed by atoms with E-state index in [0.29, 0.717) is 41.4 Å². The second-order valence-electron chi connectivity index (χ2n) is 8.02. The van der Waals surface area contributed by atoms with Crippen LogP contribution in [-0.4, -0.2) is 44.2 Å². The normalized spacial score (nSPS) is 18.7. The predicted octanol–water partition coefficient (Wildman–Crippen LogP) is 3.37. The second kappa shape index (κ2) is 9.06. The van der Waals surface area contributed by atoms with E-state index in [9.17, 15) is 13.2 Å². The molecule has 4 rings (SSSR count). The lowest BCUT2D eigenvalue weighted by atomic mass is 10.0. The molecule has 2 aromatic rings. The van der Waals surface area contributed by atoms with Crippen LogP contribution in [0.2, 0.25) is 0 Å². The number of nitrogens with zero attached hydrogens (tertiary/aromatic N) is 2. The lowest BCUT2D eigenvalue weighted by molar-refractivity contribution is -0.122. The van der Waals surface area contributed by atoms with E-state index < -0.39 is 10.0 Å². The van der Waals surface area contributed by atoms with Gasteiger partial charge in [-0.15, -0.1) is 4.40 Å². The van der Waals surface area contributed by atoms with Crippen molar-refractivity contribution in [2.45, 2.75) is 38.6 Å². The summed E-state index contributed by atoms with van der Waals surface area (Å²) in [6.45, 7) is 3.15. The number of aryl methyl sites for hydroxylation is 1. The lowest BCUT2D eigenvalue weighted by Crippen LogP contribution is -2.46. The molecule has 0 aromatic heterocycles. The van der Waals surface area contributed by atoms with Gasteiger partial charge in [0, 0.05) is 31.1 Å². The third-order valence-electron chi connectivity index (χ3n) is 5.82. The van der Waals surface area contributed by atoms with Crippen LogP contribution in [0.3, 0.4) is 0 Å². The van der Waals surface area contributed by atoms with Crippen molar-refractivity contribution >= 4 is 26.7 Å². The zero-order valence-electron chi connectivity index (χ0n) is 17.6. The molecule has 0 aliphatic carbocycles. The molecule has 31 heavy (non-hydrogen) atoms. The average molecular weight is 438 g/mol. The van der Waals surface area contributed by atoms with Gasteiger partial charge >= 0.3 is 0 Å². The van der Waals surface area contributed by atoms with Gasteiger partial charge in [-0.05, 0) is 37.3 Å². The number of carbonyl (C=O) groups excluding carboxylic acids is 1. The molecule has 2 aromatic carbocycles. The van der Waals surface area contributed by atoms with Crippen LogP contribution in [0.1, 0.15) is 37.3 Å². The number of amidine groups is 1. The van der Waals surface area contributed by atoms with Crippen molar-refractivity contribution < 1.29 is 13.2 Å². The number of benzene rings is 2. The molecular formula is C24H27N3O3S. The van der Waals surface area contributed by atoms with Gasteiger partial charge in [-0.3, -0.25) is 4.79 Å². The summed E-state index contributed by atoms with van der Waals surface area (Å²) in [6.07, 6.45) is 2.73. The van der Waals surface area contributed by atoms with Crippen LogP contribution in [-0.2, 0) is 21.2 Å². The number of amides is 1. The Kier molecular flexibility index (Phi) is 6.23. The molecule has 162 valence electrons. The topological polar surface area (TPSA) is 78.8 Å². The third-order valence-corrected chi connectivity index (χ3v) is 7.29. The molecule has 0 bridgehead atoms. The van der Waals surface area contributed by atoms with Crippen molar-refractivity contribution in [1.29, 1.82) is 0 Å². The van der Waals surface area contributed by atoms with E-state index in [1.54, 1.807) is 12.1 Å². The first-order chi connectivity index (χ1) is 14.9. The minimum Gasteiger partial charge on any atom is -0.356 e. The highest BCUT2D eigenvalue weighted by Gasteiger charge is 2.34. The highest BCUT2D eigenvalue weighted by atomic mass is 32.2. The van der Waals surface area contributed by atoms with Gasteiger partial charge in [0.25, 0.3) is 10.0 Å². The molecule has 7 heteroatoms. The minimum atomic E-state index is -3.70. The number of nitrogens with one attached hydrogen (secondary N) is 1. The van der Waals surface area contributed by atoms with Crippen LogP contribution in [0, 0.1) is 0 Å². The molecule has 0 unspecified atom stereocenters. The summed E-state index contributed by atoms with van der Waals surface area (Å²) in [5.41, 5.74) is 2.51. The second-order valence-corrected chi connectivity index (χ2v) is 9.57. The van der Waals surface area contributed by atoms with Gasteiger partial charge in [0.1, 0.15) is 10.7 Å². The third kappa shape index (κ3) is 4.88. The number of piperidine rings is 1. The lowest BCUT2D eigenvalue weighted by Gasteiger charge is -2.33. The Hall–Kier alpha value is -2.93. The molecule has 6 nitrogen and oxygen atoms in total. The van der Waals surface area contributed by atoms with Crippen molar-refractivity contribution in [1.82, 2.24) is 10.2 Å². The fourth-order valence-corrected chi connectivity index (χ4v) is 5.69. The van der Waals surface area contributed by atoms with Gasteiger partial charge in [-0.25, -0.2) is 0 Å². The molecule has 0 radical (unpaired) electrons. The Labute approximate surface area is 183 Å². The number of carbonyl (C=O) groups is 1. The first-order valence-corrected chi connectivity index (χ1v) is 12.1. The van der Waals surface area contributed by atoms with Crippen molar-refractivity contribution in [3.8, 4) is 0 Å². The summed E-state index contributed by atoms with van der Waals surface area (Å²) in [5, 5.41) is 3.13. The monoisotopic (exact) mass is 437 g/mol. The molecule has 1 N–H and O–H groups in total. The molecule has 0 spiro atoms.